The Hall–Kier alpha value is -3.34. The van der Waals surface area contributed by atoms with Gasteiger partial charge in [-0.15, -0.1) is 0 Å². The molecule has 2 unspecified atom stereocenters. The van der Waals surface area contributed by atoms with Gasteiger partial charge >= 0.3 is 12.2 Å². The lowest BCUT2D eigenvalue weighted by molar-refractivity contribution is -0.277. The first kappa shape index (κ1) is 22.1. The van der Waals surface area contributed by atoms with Crippen molar-refractivity contribution < 1.29 is 27.8 Å². The van der Waals surface area contributed by atoms with Crippen molar-refractivity contribution in [1.82, 2.24) is 24.8 Å². The fourth-order valence-corrected chi connectivity index (χ4v) is 5.66. The number of pyridine rings is 1. The van der Waals surface area contributed by atoms with E-state index in [2.05, 4.69) is 15.0 Å². The van der Waals surface area contributed by atoms with E-state index in [0.717, 1.165) is 22.2 Å². The topological polar surface area (TPSA) is 94.6 Å². The van der Waals surface area contributed by atoms with Crippen LogP contribution in [0, 0.1) is 0 Å². The molecule has 1 aromatic carbocycles. The lowest BCUT2D eigenvalue weighted by Gasteiger charge is -2.45. The molecule has 2 aromatic heterocycles. The van der Waals surface area contributed by atoms with Crippen molar-refractivity contribution in [3.63, 3.8) is 0 Å². The molecular formula is C24H24F3N5O3. The van der Waals surface area contributed by atoms with Crippen molar-refractivity contribution >= 4 is 17.2 Å². The van der Waals surface area contributed by atoms with Crippen LogP contribution >= 0.6 is 0 Å². The normalized spacial score (nSPS) is 26.4. The number of nitrogens with one attached hydrogen (secondary N) is 1. The molecule has 0 radical (unpaired) electrons. The van der Waals surface area contributed by atoms with Gasteiger partial charge in [-0.1, -0.05) is 6.07 Å². The average Bonchev–Trinajstić information content (AvgIpc) is 3.32. The van der Waals surface area contributed by atoms with Gasteiger partial charge in [0.25, 0.3) is 0 Å². The van der Waals surface area contributed by atoms with Gasteiger partial charge in [-0.25, -0.2) is 14.8 Å². The number of H-pyrrole nitrogens is 1. The number of benzene rings is 1. The highest BCUT2D eigenvalue weighted by Crippen LogP contribution is 2.48. The van der Waals surface area contributed by atoms with Crippen LogP contribution in [0.2, 0.25) is 0 Å². The number of nitrogens with zero attached hydrogens (tertiary/aromatic N) is 4. The molecule has 3 aromatic rings. The summed E-state index contributed by atoms with van der Waals surface area (Å²) in [4.78, 5) is 28.3. The monoisotopic (exact) mass is 487 g/mol. The molecule has 2 bridgehead atoms. The van der Waals surface area contributed by atoms with Crippen LogP contribution in [-0.2, 0) is 6.54 Å². The van der Waals surface area contributed by atoms with E-state index in [9.17, 15) is 23.1 Å². The summed E-state index contributed by atoms with van der Waals surface area (Å²) in [5, 5.41) is 10.3. The molecule has 3 aliphatic rings. The molecule has 35 heavy (non-hydrogen) atoms. The van der Waals surface area contributed by atoms with Crippen molar-refractivity contribution in [3.8, 4) is 16.9 Å². The number of aromatic amines is 1. The number of alkyl halides is 3. The molecule has 8 nitrogen and oxygen atoms in total. The Kier molecular flexibility index (Phi) is 4.96. The Morgan fingerprint density at radius 2 is 1.91 bits per heavy atom. The number of hydrogen-bond acceptors (Lipinski definition) is 5. The lowest BCUT2D eigenvalue weighted by Crippen LogP contribution is -2.60. The summed E-state index contributed by atoms with van der Waals surface area (Å²) in [6.45, 7) is 0.889. The van der Waals surface area contributed by atoms with Crippen LogP contribution in [0.4, 0.5) is 18.0 Å². The number of imidazole rings is 1. The zero-order valence-corrected chi connectivity index (χ0v) is 18.8. The number of fused-ring (bicyclic) bond motifs is 4. The molecule has 11 heteroatoms. The number of hydrogen-bond donors (Lipinski definition) is 2. The number of halogens is 3. The number of aliphatic hydroxyl groups is 1. The minimum atomic E-state index is -4.71. The van der Waals surface area contributed by atoms with Gasteiger partial charge < -0.3 is 24.6 Å². The van der Waals surface area contributed by atoms with Gasteiger partial charge in [-0.2, -0.15) is 13.2 Å². The number of urea groups is 1. The fraction of sp³-hybridized carbons (Fsp3) is 0.458. The van der Waals surface area contributed by atoms with E-state index in [1.54, 1.807) is 22.3 Å². The number of ether oxygens (including phenoxy) is 1. The van der Waals surface area contributed by atoms with Gasteiger partial charge in [0, 0.05) is 42.2 Å². The van der Waals surface area contributed by atoms with E-state index < -0.39 is 36.7 Å². The quantitative estimate of drug-likeness (QED) is 0.544. The summed E-state index contributed by atoms with van der Waals surface area (Å²) in [6, 6.07) is 6.13. The molecule has 5 heterocycles. The van der Waals surface area contributed by atoms with Gasteiger partial charge in [0.2, 0.25) is 0 Å². The molecule has 0 saturated carbocycles. The lowest BCUT2D eigenvalue weighted by atomic mass is 9.85. The Labute approximate surface area is 198 Å². The molecular weight excluding hydrogens is 463 g/mol. The summed E-state index contributed by atoms with van der Waals surface area (Å²) in [5.74, 6) is 0.674. The van der Waals surface area contributed by atoms with E-state index >= 15 is 0 Å². The van der Waals surface area contributed by atoms with Crippen molar-refractivity contribution in [2.75, 3.05) is 13.2 Å². The largest absolute Gasteiger partial charge is 0.491 e. The highest BCUT2D eigenvalue weighted by molar-refractivity contribution is 5.79. The second kappa shape index (κ2) is 7.84. The third-order valence-electron chi connectivity index (χ3n) is 7.43. The smallest absolute Gasteiger partial charge is 0.417 e. The first-order valence-corrected chi connectivity index (χ1v) is 11.6. The van der Waals surface area contributed by atoms with E-state index in [4.69, 9.17) is 4.74 Å². The Bertz CT molecular complexity index is 1280. The van der Waals surface area contributed by atoms with Crippen LogP contribution < -0.4 is 4.74 Å². The van der Waals surface area contributed by atoms with Crippen LogP contribution in [0.3, 0.4) is 0 Å². The number of aromatic nitrogens is 3. The SMILES string of the molecule is O=C(N1CCOc2ccc(-c3cnc4nc[nH]c4c3)cc2C1)N1C2CCC1CC(O)(C(F)(F)F)C2. The van der Waals surface area contributed by atoms with Gasteiger partial charge in [-0.05, 0) is 36.6 Å². The standard InChI is InChI=1S/C24H24F3N5O3/c25-24(26,27)23(34)9-17-2-3-18(10-23)32(17)22(33)31-5-6-35-20-4-1-14(7-16(20)12-31)15-8-19-21(28-11-15)30-13-29-19/h1,4,7-8,11,13,17-18,34H,2-3,5-6,9-10,12H2,(H,28,29,30). The molecule has 3 aliphatic heterocycles. The van der Waals surface area contributed by atoms with Gasteiger partial charge in [0.1, 0.15) is 12.4 Å². The predicted molar refractivity (Wildman–Crippen MR) is 120 cm³/mol. The van der Waals surface area contributed by atoms with Crippen LogP contribution in [0.25, 0.3) is 22.3 Å². The highest BCUT2D eigenvalue weighted by atomic mass is 19.4. The summed E-state index contributed by atoms with van der Waals surface area (Å²) in [7, 11) is 0. The number of rotatable bonds is 1. The maximum Gasteiger partial charge on any atom is 0.417 e. The second-order valence-corrected chi connectivity index (χ2v) is 9.60. The molecule has 0 spiro atoms. The fourth-order valence-electron chi connectivity index (χ4n) is 5.66. The molecule has 2 atom stereocenters. The van der Waals surface area contributed by atoms with Crippen molar-refractivity contribution in [3.05, 3.63) is 42.4 Å². The molecule has 2 fully saturated rings. The van der Waals surface area contributed by atoms with Gasteiger partial charge in [0.05, 0.1) is 24.9 Å². The Morgan fingerprint density at radius 1 is 1.14 bits per heavy atom. The summed E-state index contributed by atoms with van der Waals surface area (Å²) < 4.78 is 46.3. The molecule has 2 amide bonds. The summed E-state index contributed by atoms with van der Waals surface area (Å²) in [5.41, 5.74) is 1.30. The number of piperidine rings is 1. The van der Waals surface area contributed by atoms with Crippen molar-refractivity contribution in [2.45, 2.75) is 56.1 Å². The Balaban J connectivity index is 1.25. The first-order valence-electron chi connectivity index (χ1n) is 11.6. The first-order chi connectivity index (χ1) is 16.7. The minimum Gasteiger partial charge on any atom is -0.491 e. The molecule has 184 valence electrons. The van der Waals surface area contributed by atoms with Crippen LogP contribution in [0.15, 0.2) is 36.8 Å². The highest BCUT2D eigenvalue weighted by Gasteiger charge is 2.61. The zero-order valence-electron chi connectivity index (χ0n) is 18.8. The summed E-state index contributed by atoms with van der Waals surface area (Å²) >= 11 is 0. The van der Waals surface area contributed by atoms with Crippen molar-refractivity contribution in [2.24, 2.45) is 0 Å². The third-order valence-corrected chi connectivity index (χ3v) is 7.43. The number of carbonyl (C=O) groups excluding carboxylic acids is 1. The predicted octanol–water partition coefficient (Wildman–Crippen LogP) is 3.86. The molecule has 2 N–H and O–H groups in total. The minimum absolute atomic E-state index is 0.279. The van der Waals surface area contributed by atoms with Crippen LogP contribution in [-0.4, -0.2) is 72.9 Å². The van der Waals surface area contributed by atoms with Gasteiger partial charge in [-0.3, -0.25) is 0 Å². The molecule has 2 saturated heterocycles. The molecule has 6 rings (SSSR count). The number of amides is 2. The van der Waals surface area contributed by atoms with E-state index in [1.807, 2.05) is 24.3 Å². The van der Waals surface area contributed by atoms with E-state index in [1.165, 1.54) is 0 Å². The molecule has 0 aliphatic carbocycles. The van der Waals surface area contributed by atoms with E-state index in [0.29, 0.717) is 30.8 Å². The average molecular weight is 487 g/mol. The van der Waals surface area contributed by atoms with Crippen molar-refractivity contribution in [1.29, 1.82) is 0 Å². The van der Waals surface area contributed by atoms with Crippen LogP contribution in [0.1, 0.15) is 31.2 Å². The Morgan fingerprint density at radius 3 is 2.66 bits per heavy atom. The summed E-state index contributed by atoms with van der Waals surface area (Å²) in [6.07, 6.45) is -1.42. The van der Waals surface area contributed by atoms with Crippen LogP contribution in [0.5, 0.6) is 5.75 Å². The number of carbonyl (C=O) groups is 1. The maximum absolute atomic E-state index is 13.5. The zero-order chi connectivity index (χ0) is 24.4. The maximum atomic E-state index is 13.5. The second-order valence-electron chi connectivity index (χ2n) is 9.60. The third kappa shape index (κ3) is 3.69. The van der Waals surface area contributed by atoms with E-state index in [-0.39, 0.29) is 19.2 Å². The van der Waals surface area contributed by atoms with Gasteiger partial charge in [0.15, 0.2) is 11.2 Å².